The molecule has 1 unspecified atom stereocenters. The summed E-state index contributed by atoms with van der Waals surface area (Å²) in [6, 6.07) is 8.34. The van der Waals surface area contributed by atoms with Crippen molar-refractivity contribution in [2.45, 2.75) is 19.4 Å². The lowest BCUT2D eigenvalue weighted by atomic mass is 10.1. The highest BCUT2D eigenvalue weighted by atomic mass is 79.9. The Morgan fingerprint density at radius 1 is 1.41 bits per heavy atom. The monoisotopic (exact) mass is 311 g/mol. The molecule has 5 heteroatoms. The van der Waals surface area contributed by atoms with Gasteiger partial charge in [-0.05, 0) is 46.6 Å². The summed E-state index contributed by atoms with van der Waals surface area (Å²) in [5, 5.41) is 0. The molecule has 2 aromatic rings. The third-order valence-corrected chi connectivity index (χ3v) is 4.22. The zero-order valence-corrected chi connectivity index (χ0v) is 11.9. The zero-order valence-electron chi connectivity index (χ0n) is 9.48. The smallest absolute Gasteiger partial charge is 0.0701 e. The molecule has 0 saturated carbocycles. The summed E-state index contributed by atoms with van der Waals surface area (Å²) in [4.78, 5) is 5.59. The Morgan fingerprint density at radius 2 is 2.24 bits per heavy atom. The molecule has 0 aliphatic carbocycles. The SMILES string of the molecule is Cc1ccc(C(Cc2ccc(Br)s2)NN)cn1. The number of halogens is 1. The molecule has 0 aliphatic rings. The summed E-state index contributed by atoms with van der Waals surface area (Å²) in [5.41, 5.74) is 4.98. The topological polar surface area (TPSA) is 50.9 Å². The van der Waals surface area contributed by atoms with Gasteiger partial charge in [-0.15, -0.1) is 11.3 Å². The maximum atomic E-state index is 5.61. The quantitative estimate of drug-likeness (QED) is 0.674. The lowest BCUT2D eigenvalue weighted by molar-refractivity contribution is 0.553. The van der Waals surface area contributed by atoms with E-state index >= 15 is 0 Å². The molecule has 1 atom stereocenters. The zero-order chi connectivity index (χ0) is 12.3. The minimum Gasteiger partial charge on any atom is -0.271 e. The lowest BCUT2D eigenvalue weighted by Crippen LogP contribution is -2.29. The van der Waals surface area contributed by atoms with Crippen LogP contribution >= 0.6 is 27.3 Å². The average Bonchev–Trinajstić information content (AvgIpc) is 2.73. The molecule has 0 saturated heterocycles. The minimum absolute atomic E-state index is 0.105. The van der Waals surface area contributed by atoms with E-state index in [-0.39, 0.29) is 6.04 Å². The van der Waals surface area contributed by atoms with Crippen molar-refractivity contribution < 1.29 is 0 Å². The maximum absolute atomic E-state index is 5.61. The first kappa shape index (κ1) is 12.7. The molecule has 2 heterocycles. The number of hydrazine groups is 1. The maximum Gasteiger partial charge on any atom is 0.0701 e. The van der Waals surface area contributed by atoms with Crippen LogP contribution < -0.4 is 11.3 Å². The van der Waals surface area contributed by atoms with Crippen molar-refractivity contribution in [1.82, 2.24) is 10.4 Å². The van der Waals surface area contributed by atoms with Gasteiger partial charge in [0, 0.05) is 23.2 Å². The Kier molecular flexibility index (Phi) is 4.28. The van der Waals surface area contributed by atoms with Crippen LogP contribution in [0.5, 0.6) is 0 Å². The van der Waals surface area contributed by atoms with Crippen molar-refractivity contribution in [2.24, 2.45) is 5.84 Å². The summed E-state index contributed by atoms with van der Waals surface area (Å²) >= 11 is 5.19. The molecule has 0 spiro atoms. The van der Waals surface area contributed by atoms with E-state index in [2.05, 4.69) is 44.5 Å². The van der Waals surface area contributed by atoms with Gasteiger partial charge in [-0.1, -0.05) is 6.07 Å². The molecule has 0 radical (unpaired) electrons. The molecule has 0 aliphatic heterocycles. The molecule has 0 amide bonds. The van der Waals surface area contributed by atoms with Gasteiger partial charge >= 0.3 is 0 Å². The summed E-state index contributed by atoms with van der Waals surface area (Å²) in [7, 11) is 0. The fourth-order valence-corrected chi connectivity index (χ4v) is 3.15. The normalized spacial score (nSPS) is 12.6. The summed E-state index contributed by atoms with van der Waals surface area (Å²) in [6.07, 6.45) is 2.75. The third-order valence-electron chi connectivity index (χ3n) is 2.57. The number of aryl methyl sites for hydroxylation is 1. The number of hydrogen-bond donors (Lipinski definition) is 2. The Balaban J connectivity index is 2.13. The van der Waals surface area contributed by atoms with Crippen molar-refractivity contribution in [3.63, 3.8) is 0 Å². The predicted octanol–water partition coefficient (Wildman–Crippen LogP) is 2.96. The van der Waals surface area contributed by atoms with Crippen LogP contribution in [0, 0.1) is 6.92 Å². The van der Waals surface area contributed by atoms with Crippen molar-refractivity contribution in [2.75, 3.05) is 0 Å². The molecule has 0 bridgehead atoms. The predicted molar refractivity (Wildman–Crippen MR) is 74.8 cm³/mol. The molecule has 0 fully saturated rings. The Hall–Kier alpha value is -0.750. The first-order valence-electron chi connectivity index (χ1n) is 5.32. The second-order valence-corrected chi connectivity index (χ2v) is 6.41. The Bertz CT molecular complexity index is 481. The van der Waals surface area contributed by atoms with E-state index in [1.54, 1.807) is 11.3 Å². The van der Waals surface area contributed by atoms with Crippen LogP contribution in [0.25, 0.3) is 0 Å². The van der Waals surface area contributed by atoms with E-state index in [1.165, 1.54) is 4.88 Å². The lowest BCUT2D eigenvalue weighted by Gasteiger charge is -2.15. The number of thiophene rings is 1. The van der Waals surface area contributed by atoms with Gasteiger partial charge in [-0.3, -0.25) is 16.3 Å². The molecule has 17 heavy (non-hydrogen) atoms. The van der Waals surface area contributed by atoms with E-state index in [0.717, 1.165) is 21.5 Å². The molecule has 3 nitrogen and oxygen atoms in total. The number of pyridine rings is 1. The molecule has 2 aromatic heterocycles. The highest BCUT2D eigenvalue weighted by Crippen LogP contribution is 2.26. The summed E-state index contributed by atoms with van der Waals surface area (Å²) in [5.74, 6) is 5.61. The van der Waals surface area contributed by atoms with Crippen molar-refractivity contribution in [1.29, 1.82) is 0 Å². The number of hydrogen-bond acceptors (Lipinski definition) is 4. The van der Waals surface area contributed by atoms with E-state index in [9.17, 15) is 0 Å². The molecule has 2 rings (SSSR count). The highest BCUT2D eigenvalue weighted by molar-refractivity contribution is 9.11. The van der Waals surface area contributed by atoms with Crippen LogP contribution in [-0.4, -0.2) is 4.98 Å². The second-order valence-electron chi connectivity index (χ2n) is 3.86. The standard InChI is InChI=1S/C12H14BrN3S/c1-8-2-3-9(7-15-8)11(16-14)6-10-4-5-12(13)17-10/h2-5,7,11,16H,6,14H2,1H3. The summed E-state index contributed by atoms with van der Waals surface area (Å²) < 4.78 is 1.14. The fraction of sp³-hybridized carbons (Fsp3) is 0.250. The number of nitrogens with two attached hydrogens (primary N) is 1. The number of nitrogens with zero attached hydrogens (tertiary/aromatic N) is 1. The molecule has 90 valence electrons. The van der Waals surface area contributed by atoms with Crippen LogP contribution in [0.3, 0.4) is 0 Å². The Morgan fingerprint density at radius 3 is 2.76 bits per heavy atom. The third kappa shape index (κ3) is 3.35. The van der Waals surface area contributed by atoms with E-state index < -0.39 is 0 Å². The van der Waals surface area contributed by atoms with Crippen molar-refractivity contribution in [3.05, 3.63) is 50.4 Å². The number of rotatable bonds is 4. The van der Waals surface area contributed by atoms with E-state index in [4.69, 9.17) is 5.84 Å². The summed E-state index contributed by atoms with van der Waals surface area (Å²) in [6.45, 7) is 1.98. The molecule has 0 aromatic carbocycles. The molecular weight excluding hydrogens is 298 g/mol. The van der Waals surface area contributed by atoms with E-state index in [0.29, 0.717) is 0 Å². The molecule has 3 N–H and O–H groups in total. The van der Waals surface area contributed by atoms with E-state index in [1.807, 2.05) is 19.2 Å². The van der Waals surface area contributed by atoms with Gasteiger partial charge in [0.2, 0.25) is 0 Å². The first-order valence-corrected chi connectivity index (χ1v) is 6.93. The van der Waals surface area contributed by atoms with Crippen molar-refractivity contribution >= 4 is 27.3 Å². The highest BCUT2D eigenvalue weighted by Gasteiger charge is 2.12. The van der Waals surface area contributed by atoms with Gasteiger partial charge in [-0.25, -0.2) is 0 Å². The second kappa shape index (κ2) is 5.73. The van der Waals surface area contributed by atoms with Gasteiger partial charge in [0.1, 0.15) is 0 Å². The van der Waals surface area contributed by atoms with Gasteiger partial charge in [0.15, 0.2) is 0 Å². The fourth-order valence-electron chi connectivity index (χ4n) is 1.62. The van der Waals surface area contributed by atoms with Gasteiger partial charge in [0.05, 0.1) is 9.83 Å². The van der Waals surface area contributed by atoms with Gasteiger partial charge < -0.3 is 0 Å². The average molecular weight is 312 g/mol. The Labute approximate surface area is 113 Å². The van der Waals surface area contributed by atoms with Crippen molar-refractivity contribution in [3.8, 4) is 0 Å². The van der Waals surface area contributed by atoms with Crippen LogP contribution in [-0.2, 0) is 6.42 Å². The first-order chi connectivity index (χ1) is 8.19. The number of nitrogens with one attached hydrogen (secondary N) is 1. The van der Waals surface area contributed by atoms with Gasteiger partial charge in [-0.2, -0.15) is 0 Å². The molecular formula is C12H14BrN3S. The van der Waals surface area contributed by atoms with Crippen LogP contribution in [0.2, 0.25) is 0 Å². The minimum atomic E-state index is 0.105. The van der Waals surface area contributed by atoms with Gasteiger partial charge in [0.25, 0.3) is 0 Å². The largest absolute Gasteiger partial charge is 0.271 e. The van der Waals surface area contributed by atoms with Crippen LogP contribution in [0.15, 0.2) is 34.2 Å². The van der Waals surface area contributed by atoms with Crippen LogP contribution in [0.4, 0.5) is 0 Å². The van der Waals surface area contributed by atoms with Crippen LogP contribution in [0.1, 0.15) is 22.2 Å². The number of aromatic nitrogens is 1.